The molecule has 1 aromatic heterocycles. The predicted molar refractivity (Wildman–Crippen MR) is 76.8 cm³/mol. The number of rotatable bonds is 0. The van der Waals surface area contributed by atoms with Crippen molar-refractivity contribution in [2.45, 2.75) is 6.42 Å². The lowest BCUT2D eigenvalue weighted by molar-refractivity contribution is 0.0986. The third-order valence-electron chi connectivity index (χ3n) is 3.45. The van der Waals surface area contributed by atoms with Gasteiger partial charge in [-0.05, 0) is 30.3 Å². The standard InChI is InChI=1S/C15H9BrN2O/c16-9-5-6-10-13(7-9)18-12-4-2-1-3-11(12)17-15(18)8-14(10)19/h1-7H,8H2. The Morgan fingerprint density at radius 3 is 2.89 bits per heavy atom. The van der Waals surface area contributed by atoms with Gasteiger partial charge in [0.25, 0.3) is 0 Å². The number of benzene rings is 2. The zero-order chi connectivity index (χ0) is 13.0. The average molecular weight is 313 g/mol. The van der Waals surface area contributed by atoms with E-state index in [0.717, 1.165) is 32.6 Å². The van der Waals surface area contributed by atoms with Crippen molar-refractivity contribution in [3.8, 4) is 5.69 Å². The normalized spacial score (nSPS) is 13.4. The van der Waals surface area contributed by atoms with Gasteiger partial charge in [0.2, 0.25) is 0 Å². The van der Waals surface area contributed by atoms with E-state index < -0.39 is 0 Å². The van der Waals surface area contributed by atoms with E-state index in [1.165, 1.54) is 0 Å². The van der Waals surface area contributed by atoms with Gasteiger partial charge in [-0.25, -0.2) is 4.98 Å². The van der Waals surface area contributed by atoms with Crippen LogP contribution in [0.2, 0.25) is 0 Å². The van der Waals surface area contributed by atoms with Gasteiger partial charge in [-0.15, -0.1) is 0 Å². The van der Waals surface area contributed by atoms with E-state index in [0.29, 0.717) is 6.42 Å². The Balaban J connectivity index is 2.15. The highest BCUT2D eigenvalue weighted by Crippen LogP contribution is 2.31. The van der Waals surface area contributed by atoms with Crippen molar-refractivity contribution in [1.82, 2.24) is 9.55 Å². The van der Waals surface area contributed by atoms with Gasteiger partial charge in [-0.2, -0.15) is 0 Å². The third-order valence-corrected chi connectivity index (χ3v) is 3.94. The Morgan fingerprint density at radius 1 is 1.16 bits per heavy atom. The lowest BCUT2D eigenvalue weighted by atomic mass is 10.0. The molecule has 19 heavy (non-hydrogen) atoms. The number of para-hydroxylation sites is 2. The molecule has 0 atom stereocenters. The predicted octanol–water partition coefficient (Wildman–Crippen LogP) is 3.53. The van der Waals surface area contributed by atoms with Crippen molar-refractivity contribution in [3.05, 3.63) is 58.3 Å². The second-order valence-electron chi connectivity index (χ2n) is 4.61. The molecule has 0 saturated heterocycles. The molecule has 0 unspecified atom stereocenters. The van der Waals surface area contributed by atoms with Crippen LogP contribution in [0.3, 0.4) is 0 Å². The SMILES string of the molecule is O=C1Cc2nc3ccccc3n2-c2cc(Br)ccc21. The largest absolute Gasteiger partial charge is 0.295 e. The number of Topliss-reactive ketones (excluding diaryl/α,β-unsaturated/α-hetero) is 1. The molecule has 3 aromatic rings. The summed E-state index contributed by atoms with van der Waals surface area (Å²) >= 11 is 3.47. The van der Waals surface area contributed by atoms with Gasteiger partial charge in [-0.3, -0.25) is 9.36 Å². The van der Waals surface area contributed by atoms with Crippen LogP contribution in [0, 0.1) is 0 Å². The number of hydrogen-bond acceptors (Lipinski definition) is 2. The second kappa shape index (κ2) is 3.78. The van der Waals surface area contributed by atoms with Gasteiger partial charge in [0.05, 0.1) is 23.1 Å². The summed E-state index contributed by atoms with van der Waals surface area (Å²) in [5, 5.41) is 0. The van der Waals surface area contributed by atoms with Crippen molar-refractivity contribution in [1.29, 1.82) is 0 Å². The van der Waals surface area contributed by atoms with Gasteiger partial charge in [-0.1, -0.05) is 28.1 Å². The summed E-state index contributed by atoms with van der Waals surface area (Å²) in [6.45, 7) is 0. The van der Waals surface area contributed by atoms with Crippen LogP contribution in [0.5, 0.6) is 0 Å². The Hall–Kier alpha value is -1.94. The summed E-state index contributed by atoms with van der Waals surface area (Å²) in [7, 11) is 0. The molecule has 0 aliphatic carbocycles. The molecule has 92 valence electrons. The Bertz CT molecular complexity index is 835. The molecule has 4 rings (SSSR count). The third kappa shape index (κ3) is 1.50. The summed E-state index contributed by atoms with van der Waals surface area (Å²) < 4.78 is 3.04. The second-order valence-corrected chi connectivity index (χ2v) is 5.53. The van der Waals surface area contributed by atoms with E-state index in [-0.39, 0.29) is 5.78 Å². The minimum absolute atomic E-state index is 0.130. The molecule has 0 saturated carbocycles. The fraction of sp³-hybridized carbons (Fsp3) is 0.0667. The molecule has 2 heterocycles. The summed E-state index contributed by atoms with van der Waals surface area (Å²) in [5.41, 5.74) is 3.65. The summed E-state index contributed by atoms with van der Waals surface area (Å²) in [6.07, 6.45) is 0.364. The number of nitrogens with zero attached hydrogens (tertiary/aromatic N) is 2. The van der Waals surface area contributed by atoms with E-state index in [9.17, 15) is 4.79 Å². The Kier molecular flexibility index (Phi) is 2.17. The van der Waals surface area contributed by atoms with E-state index in [2.05, 4.69) is 25.5 Å². The maximum atomic E-state index is 12.2. The molecule has 3 nitrogen and oxygen atoms in total. The first-order valence-electron chi connectivity index (χ1n) is 6.03. The Morgan fingerprint density at radius 2 is 2.00 bits per heavy atom. The molecular weight excluding hydrogens is 304 g/mol. The number of hydrogen-bond donors (Lipinski definition) is 0. The van der Waals surface area contributed by atoms with Crippen LogP contribution in [0.25, 0.3) is 16.7 Å². The molecule has 0 amide bonds. The van der Waals surface area contributed by atoms with Crippen molar-refractivity contribution < 1.29 is 4.79 Å². The van der Waals surface area contributed by atoms with Crippen LogP contribution < -0.4 is 0 Å². The van der Waals surface area contributed by atoms with Gasteiger partial charge in [0.15, 0.2) is 5.78 Å². The summed E-state index contributed by atoms with van der Waals surface area (Å²) in [5.74, 6) is 0.946. The molecule has 0 radical (unpaired) electrons. The fourth-order valence-corrected chi connectivity index (χ4v) is 2.98. The number of carbonyl (C=O) groups is 1. The number of carbonyl (C=O) groups excluding carboxylic acids is 1. The first-order chi connectivity index (χ1) is 9.24. The van der Waals surface area contributed by atoms with Crippen LogP contribution >= 0.6 is 15.9 Å². The molecule has 0 N–H and O–H groups in total. The van der Waals surface area contributed by atoms with Crippen LogP contribution in [0.1, 0.15) is 16.2 Å². The van der Waals surface area contributed by atoms with Gasteiger partial charge in [0.1, 0.15) is 5.82 Å². The van der Waals surface area contributed by atoms with Crippen LogP contribution in [-0.4, -0.2) is 15.3 Å². The Labute approximate surface area is 118 Å². The minimum atomic E-state index is 0.130. The molecule has 2 aromatic carbocycles. The van der Waals surface area contributed by atoms with Crippen molar-refractivity contribution in [2.75, 3.05) is 0 Å². The quantitative estimate of drug-likeness (QED) is 0.636. The first kappa shape index (κ1) is 10.9. The molecule has 1 aliphatic rings. The lowest BCUT2D eigenvalue weighted by Crippen LogP contribution is -2.18. The zero-order valence-corrected chi connectivity index (χ0v) is 11.5. The number of imidazole rings is 1. The maximum absolute atomic E-state index is 12.2. The molecule has 4 heteroatoms. The average Bonchev–Trinajstić information content (AvgIpc) is 2.76. The van der Waals surface area contributed by atoms with Crippen molar-refractivity contribution >= 4 is 32.7 Å². The molecule has 0 spiro atoms. The van der Waals surface area contributed by atoms with Gasteiger partial charge in [0, 0.05) is 10.0 Å². The van der Waals surface area contributed by atoms with E-state index >= 15 is 0 Å². The smallest absolute Gasteiger partial charge is 0.172 e. The summed E-state index contributed by atoms with van der Waals surface area (Å²) in [6, 6.07) is 13.7. The van der Waals surface area contributed by atoms with Crippen molar-refractivity contribution in [2.24, 2.45) is 0 Å². The van der Waals surface area contributed by atoms with E-state index in [4.69, 9.17) is 0 Å². The van der Waals surface area contributed by atoms with Crippen LogP contribution in [0.4, 0.5) is 0 Å². The van der Waals surface area contributed by atoms with Crippen LogP contribution in [0.15, 0.2) is 46.9 Å². The van der Waals surface area contributed by atoms with E-state index in [1.807, 2.05) is 42.5 Å². The number of aromatic nitrogens is 2. The fourth-order valence-electron chi connectivity index (χ4n) is 2.63. The monoisotopic (exact) mass is 312 g/mol. The maximum Gasteiger partial charge on any atom is 0.172 e. The highest BCUT2D eigenvalue weighted by Gasteiger charge is 2.25. The number of ketones is 1. The number of halogens is 1. The molecule has 1 aliphatic heterocycles. The minimum Gasteiger partial charge on any atom is -0.295 e. The highest BCUT2D eigenvalue weighted by molar-refractivity contribution is 9.10. The molecule has 0 fully saturated rings. The lowest BCUT2D eigenvalue weighted by Gasteiger charge is -2.18. The van der Waals surface area contributed by atoms with Crippen LogP contribution in [-0.2, 0) is 6.42 Å². The topological polar surface area (TPSA) is 34.9 Å². The zero-order valence-electron chi connectivity index (χ0n) is 9.93. The van der Waals surface area contributed by atoms with Gasteiger partial charge < -0.3 is 0 Å². The highest BCUT2D eigenvalue weighted by atomic mass is 79.9. The van der Waals surface area contributed by atoms with E-state index in [1.54, 1.807) is 0 Å². The first-order valence-corrected chi connectivity index (χ1v) is 6.83. The van der Waals surface area contributed by atoms with Gasteiger partial charge >= 0.3 is 0 Å². The molecular formula is C15H9BrN2O. The summed E-state index contributed by atoms with van der Waals surface area (Å²) in [4.78, 5) is 16.7. The van der Waals surface area contributed by atoms with Crippen molar-refractivity contribution in [3.63, 3.8) is 0 Å². The number of fused-ring (bicyclic) bond motifs is 5. The molecule has 0 bridgehead atoms.